The number of amides is 1. The fraction of sp³-hybridized carbons (Fsp3) is 0.889. The highest BCUT2D eigenvalue weighted by Gasteiger charge is 2.32. The van der Waals surface area contributed by atoms with Gasteiger partial charge in [-0.1, -0.05) is 20.8 Å². The first-order chi connectivity index (χ1) is 5.06. The van der Waals surface area contributed by atoms with E-state index in [1.807, 2.05) is 0 Å². The molecule has 2 heteroatoms. The zero-order chi connectivity index (χ0) is 8.48. The fourth-order valence-corrected chi connectivity index (χ4v) is 1.45. The second-order valence-electron chi connectivity index (χ2n) is 4.00. The molecule has 0 aromatic heterocycles. The predicted molar refractivity (Wildman–Crippen MR) is 45.2 cm³/mol. The van der Waals surface area contributed by atoms with E-state index in [0.717, 1.165) is 12.8 Å². The third kappa shape index (κ3) is 1.73. The quantitative estimate of drug-likeness (QED) is 0.646. The first kappa shape index (κ1) is 8.57. The molecule has 0 aromatic carbocycles. The van der Waals surface area contributed by atoms with Crippen molar-refractivity contribution in [1.82, 2.24) is 5.32 Å². The molecule has 1 aliphatic rings. The summed E-state index contributed by atoms with van der Waals surface area (Å²) in [6, 6.07) is 0.403. The molecule has 0 radical (unpaired) electrons. The summed E-state index contributed by atoms with van der Waals surface area (Å²) < 4.78 is 0. The number of hydrogen-bond acceptors (Lipinski definition) is 1. The van der Waals surface area contributed by atoms with E-state index >= 15 is 0 Å². The van der Waals surface area contributed by atoms with Crippen molar-refractivity contribution in [3.05, 3.63) is 0 Å². The van der Waals surface area contributed by atoms with Crippen molar-refractivity contribution in [3.63, 3.8) is 0 Å². The first-order valence-electron chi connectivity index (χ1n) is 4.35. The zero-order valence-corrected chi connectivity index (χ0v) is 7.61. The Morgan fingerprint density at radius 3 is 2.64 bits per heavy atom. The van der Waals surface area contributed by atoms with E-state index in [4.69, 9.17) is 0 Å². The molecule has 1 aliphatic heterocycles. The third-order valence-electron chi connectivity index (χ3n) is 2.85. The normalized spacial score (nSPS) is 25.4. The van der Waals surface area contributed by atoms with Crippen LogP contribution in [0.25, 0.3) is 0 Å². The molecule has 1 rings (SSSR count). The van der Waals surface area contributed by atoms with Crippen molar-refractivity contribution in [2.24, 2.45) is 5.41 Å². The predicted octanol–water partition coefficient (Wildman–Crippen LogP) is 1.70. The molecular weight excluding hydrogens is 138 g/mol. The van der Waals surface area contributed by atoms with Gasteiger partial charge in [0.1, 0.15) is 0 Å². The van der Waals surface area contributed by atoms with Crippen LogP contribution < -0.4 is 5.32 Å². The molecule has 1 amide bonds. The van der Waals surface area contributed by atoms with E-state index in [9.17, 15) is 4.79 Å². The van der Waals surface area contributed by atoms with E-state index in [1.165, 1.54) is 0 Å². The lowest BCUT2D eigenvalue weighted by Crippen LogP contribution is -2.38. The minimum atomic E-state index is 0.219. The van der Waals surface area contributed by atoms with Gasteiger partial charge in [-0.2, -0.15) is 0 Å². The highest BCUT2D eigenvalue weighted by atomic mass is 16.1. The Morgan fingerprint density at radius 2 is 2.27 bits per heavy atom. The summed E-state index contributed by atoms with van der Waals surface area (Å²) in [5, 5.41) is 3.01. The molecule has 11 heavy (non-hydrogen) atoms. The molecule has 0 aliphatic carbocycles. The van der Waals surface area contributed by atoms with E-state index in [2.05, 4.69) is 26.1 Å². The monoisotopic (exact) mass is 155 g/mol. The summed E-state index contributed by atoms with van der Waals surface area (Å²) >= 11 is 0. The Balaban J connectivity index is 2.55. The van der Waals surface area contributed by atoms with Crippen LogP contribution in [0.3, 0.4) is 0 Å². The lowest BCUT2D eigenvalue weighted by Gasteiger charge is -2.29. The van der Waals surface area contributed by atoms with E-state index in [1.54, 1.807) is 0 Å². The van der Waals surface area contributed by atoms with Gasteiger partial charge in [0.2, 0.25) is 5.91 Å². The highest BCUT2D eigenvalue weighted by molar-refractivity contribution is 5.78. The van der Waals surface area contributed by atoms with Crippen molar-refractivity contribution >= 4 is 5.91 Å². The van der Waals surface area contributed by atoms with Gasteiger partial charge in [-0.15, -0.1) is 0 Å². The van der Waals surface area contributed by atoms with Crippen LogP contribution in [0.15, 0.2) is 0 Å². The summed E-state index contributed by atoms with van der Waals surface area (Å²) in [5.41, 5.74) is 0.270. The summed E-state index contributed by atoms with van der Waals surface area (Å²) in [6.45, 7) is 6.59. The summed E-state index contributed by atoms with van der Waals surface area (Å²) in [7, 11) is 0. The van der Waals surface area contributed by atoms with E-state index < -0.39 is 0 Å². The maximum Gasteiger partial charge on any atom is 0.220 e. The molecule has 64 valence electrons. The van der Waals surface area contributed by atoms with E-state index in [0.29, 0.717) is 12.5 Å². The number of hydrogen-bond donors (Lipinski definition) is 1. The first-order valence-corrected chi connectivity index (χ1v) is 4.35. The molecule has 1 fully saturated rings. The smallest absolute Gasteiger partial charge is 0.220 e. The molecular formula is C9H17NO. The molecule has 0 bridgehead atoms. The van der Waals surface area contributed by atoms with Gasteiger partial charge < -0.3 is 5.32 Å². The molecule has 1 unspecified atom stereocenters. The van der Waals surface area contributed by atoms with Crippen LogP contribution in [0.1, 0.15) is 40.0 Å². The molecule has 2 nitrogen and oxygen atoms in total. The van der Waals surface area contributed by atoms with Gasteiger partial charge in [0.05, 0.1) is 0 Å². The largest absolute Gasteiger partial charge is 0.353 e. The third-order valence-corrected chi connectivity index (χ3v) is 2.85. The zero-order valence-electron chi connectivity index (χ0n) is 7.61. The van der Waals surface area contributed by atoms with Crippen LogP contribution in [0, 0.1) is 5.41 Å². The number of nitrogens with one attached hydrogen (secondary N) is 1. The molecule has 1 saturated heterocycles. The van der Waals surface area contributed by atoms with Crippen molar-refractivity contribution in [2.45, 2.75) is 46.1 Å². The van der Waals surface area contributed by atoms with Gasteiger partial charge in [0.15, 0.2) is 0 Å². The van der Waals surface area contributed by atoms with Crippen LogP contribution in [0.4, 0.5) is 0 Å². The maximum atomic E-state index is 10.9. The van der Waals surface area contributed by atoms with E-state index in [-0.39, 0.29) is 11.3 Å². The summed E-state index contributed by atoms with van der Waals surface area (Å²) in [4.78, 5) is 10.9. The second kappa shape index (κ2) is 2.84. The van der Waals surface area contributed by atoms with Gasteiger partial charge in [-0.3, -0.25) is 4.79 Å². The number of rotatable bonds is 2. The number of carbonyl (C=O) groups excluding carboxylic acids is 1. The van der Waals surface area contributed by atoms with Gasteiger partial charge in [0, 0.05) is 12.5 Å². The molecule has 0 saturated carbocycles. The van der Waals surface area contributed by atoms with Crippen LogP contribution >= 0.6 is 0 Å². The maximum absolute atomic E-state index is 10.9. The number of carbonyl (C=O) groups is 1. The van der Waals surface area contributed by atoms with Gasteiger partial charge in [-0.25, -0.2) is 0 Å². The minimum absolute atomic E-state index is 0.219. The SMILES string of the molecule is CCC(C)(C)C1CCC(=O)N1. The Morgan fingerprint density at radius 1 is 1.64 bits per heavy atom. The lowest BCUT2D eigenvalue weighted by atomic mass is 9.81. The Labute approximate surface area is 68.4 Å². The highest BCUT2D eigenvalue weighted by Crippen LogP contribution is 2.30. The van der Waals surface area contributed by atoms with Crippen molar-refractivity contribution < 1.29 is 4.79 Å². The summed E-state index contributed by atoms with van der Waals surface area (Å²) in [5.74, 6) is 0.219. The van der Waals surface area contributed by atoms with Crippen LogP contribution in [0.2, 0.25) is 0 Å². The minimum Gasteiger partial charge on any atom is -0.353 e. The van der Waals surface area contributed by atoms with Crippen LogP contribution in [-0.4, -0.2) is 11.9 Å². The average molecular weight is 155 g/mol. The Bertz CT molecular complexity index is 163. The molecule has 0 aromatic rings. The van der Waals surface area contributed by atoms with Crippen molar-refractivity contribution in [1.29, 1.82) is 0 Å². The van der Waals surface area contributed by atoms with Gasteiger partial charge in [0.25, 0.3) is 0 Å². The second-order valence-corrected chi connectivity index (χ2v) is 4.00. The van der Waals surface area contributed by atoms with Crippen molar-refractivity contribution in [3.8, 4) is 0 Å². The Hall–Kier alpha value is -0.530. The molecule has 1 atom stereocenters. The molecule has 0 spiro atoms. The summed E-state index contributed by atoms with van der Waals surface area (Å²) in [6.07, 6.45) is 2.85. The lowest BCUT2D eigenvalue weighted by molar-refractivity contribution is -0.119. The fourth-order valence-electron chi connectivity index (χ4n) is 1.45. The van der Waals surface area contributed by atoms with Crippen molar-refractivity contribution in [2.75, 3.05) is 0 Å². The van der Waals surface area contributed by atoms with Gasteiger partial charge in [-0.05, 0) is 18.3 Å². The van der Waals surface area contributed by atoms with Crippen LogP contribution in [0.5, 0.6) is 0 Å². The Kier molecular flexibility index (Phi) is 2.21. The molecule has 1 N–H and O–H groups in total. The van der Waals surface area contributed by atoms with Crippen LogP contribution in [-0.2, 0) is 4.79 Å². The molecule has 1 heterocycles. The average Bonchev–Trinajstić information content (AvgIpc) is 2.36. The standard InChI is InChI=1S/C9H17NO/c1-4-9(2,3)7-5-6-8(11)10-7/h7H,4-6H2,1-3H3,(H,10,11). The van der Waals surface area contributed by atoms with Gasteiger partial charge >= 0.3 is 0 Å². The topological polar surface area (TPSA) is 29.1 Å².